The molecule has 2 rings (SSSR count). The summed E-state index contributed by atoms with van der Waals surface area (Å²) in [4.78, 5) is 2.47. The molecule has 0 saturated carbocycles. The van der Waals surface area contributed by atoms with Crippen molar-refractivity contribution in [2.24, 2.45) is 0 Å². The molecule has 0 bridgehead atoms. The molecule has 1 aliphatic heterocycles. The smallest absolute Gasteiger partial charge is 0.0713 e. The number of hydrogen-bond acceptors (Lipinski definition) is 3. The molecule has 0 unspecified atom stereocenters. The van der Waals surface area contributed by atoms with E-state index in [9.17, 15) is 0 Å². The maximum Gasteiger partial charge on any atom is 0.0713 e. The van der Waals surface area contributed by atoms with Gasteiger partial charge in [0.2, 0.25) is 0 Å². The number of anilines is 1. The number of nitrogens with zero attached hydrogens (tertiary/aromatic N) is 1. The number of hydrogen-bond donors (Lipinski definition) is 1. The summed E-state index contributed by atoms with van der Waals surface area (Å²) in [7, 11) is 1.74. The van der Waals surface area contributed by atoms with Gasteiger partial charge in [0.05, 0.1) is 6.61 Å². The number of rotatable bonds is 3. The molecule has 0 spiro atoms. The van der Waals surface area contributed by atoms with E-state index in [1.54, 1.807) is 7.11 Å². The van der Waals surface area contributed by atoms with Gasteiger partial charge in [0.25, 0.3) is 0 Å². The van der Waals surface area contributed by atoms with Crippen molar-refractivity contribution >= 4 is 5.69 Å². The van der Waals surface area contributed by atoms with Crippen LogP contribution in [0.15, 0.2) is 24.3 Å². The molecule has 1 aromatic carbocycles. The Kier molecular flexibility index (Phi) is 4.25. The van der Waals surface area contributed by atoms with Crippen LogP contribution < -0.4 is 10.2 Å². The van der Waals surface area contributed by atoms with Gasteiger partial charge in [-0.2, -0.15) is 0 Å². The average molecular weight is 248 g/mol. The fraction of sp³-hybridized carbons (Fsp3) is 0.600. The average Bonchev–Trinajstić information content (AvgIpc) is 2.51. The molecule has 1 heterocycles. The van der Waals surface area contributed by atoms with Crippen molar-refractivity contribution in [3.63, 3.8) is 0 Å². The molecular formula is C15H24N2O. The van der Waals surface area contributed by atoms with Gasteiger partial charge in [-0.3, -0.25) is 0 Å². The molecule has 18 heavy (non-hydrogen) atoms. The van der Waals surface area contributed by atoms with E-state index < -0.39 is 0 Å². The molecule has 0 aromatic heterocycles. The first kappa shape index (κ1) is 13.4. The second-order valence-corrected chi connectivity index (χ2v) is 5.69. The van der Waals surface area contributed by atoms with Crippen LogP contribution >= 0.6 is 0 Å². The summed E-state index contributed by atoms with van der Waals surface area (Å²) in [6.07, 6.45) is 1.19. The van der Waals surface area contributed by atoms with Crippen LogP contribution in [0.4, 0.5) is 5.69 Å². The fourth-order valence-corrected chi connectivity index (χ4v) is 2.54. The van der Waals surface area contributed by atoms with Crippen LogP contribution in [0.1, 0.15) is 25.8 Å². The van der Waals surface area contributed by atoms with E-state index in [2.05, 4.69) is 48.3 Å². The van der Waals surface area contributed by atoms with Gasteiger partial charge in [-0.1, -0.05) is 12.1 Å². The number of methoxy groups -OCH3 is 1. The highest BCUT2D eigenvalue weighted by molar-refractivity contribution is 5.49. The molecule has 1 saturated heterocycles. The van der Waals surface area contributed by atoms with Crippen LogP contribution in [0.25, 0.3) is 0 Å². The molecule has 0 atom stereocenters. The van der Waals surface area contributed by atoms with Gasteiger partial charge in [0.15, 0.2) is 0 Å². The summed E-state index contributed by atoms with van der Waals surface area (Å²) >= 11 is 0. The van der Waals surface area contributed by atoms with Gasteiger partial charge in [-0.15, -0.1) is 0 Å². The van der Waals surface area contributed by atoms with E-state index >= 15 is 0 Å². The van der Waals surface area contributed by atoms with Crippen molar-refractivity contribution in [2.75, 3.05) is 31.6 Å². The molecule has 1 aliphatic rings. The van der Waals surface area contributed by atoms with Gasteiger partial charge >= 0.3 is 0 Å². The normalized spacial score (nSPS) is 19.6. The maximum absolute atomic E-state index is 5.20. The molecule has 0 amide bonds. The third-order valence-electron chi connectivity index (χ3n) is 3.38. The summed E-state index contributed by atoms with van der Waals surface area (Å²) < 4.78 is 5.20. The monoisotopic (exact) mass is 248 g/mol. The van der Waals surface area contributed by atoms with Gasteiger partial charge in [0.1, 0.15) is 0 Å². The Bertz CT molecular complexity index is 390. The quantitative estimate of drug-likeness (QED) is 0.889. The Morgan fingerprint density at radius 1 is 1.39 bits per heavy atom. The topological polar surface area (TPSA) is 24.5 Å². The Hall–Kier alpha value is -1.06. The number of ether oxygens (including phenoxy) is 1. The second-order valence-electron chi connectivity index (χ2n) is 5.69. The molecule has 1 fully saturated rings. The number of nitrogens with one attached hydrogen (secondary N) is 1. The lowest BCUT2D eigenvalue weighted by molar-refractivity contribution is 0.185. The molecule has 1 N–H and O–H groups in total. The van der Waals surface area contributed by atoms with Crippen LogP contribution in [0.3, 0.4) is 0 Å². The van der Waals surface area contributed by atoms with Crippen LogP contribution in [0, 0.1) is 0 Å². The van der Waals surface area contributed by atoms with Gasteiger partial charge in [0, 0.05) is 31.4 Å². The largest absolute Gasteiger partial charge is 0.380 e. The van der Waals surface area contributed by atoms with Crippen molar-refractivity contribution in [2.45, 2.75) is 32.4 Å². The van der Waals surface area contributed by atoms with Crippen molar-refractivity contribution in [3.8, 4) is 0 Å². The van der Waals surface area contributed by atoms with Crippen LogP contribution in [0.5, 0.6) is 0 Å². The zero-order valence-electron chi connectivity index (χ0n) is 11.7. The summed E-state index contributed by atoms with van der Waals surface area (Å²) in [5, 5.41) is 3.59. The van der Waals surface area contributed by atoms with E-state index in [1.807, 2.05) is 0 Å². The summed E-state index contributed by atoms with van der Waals surface area (Å²) in [6.45, 7) is 8.48. The highest BCUT2D eigenvalue weighted by atomic mass is 16.5. The first-order valence-corrected chi connectivity index (χ1v) is 6.69. The first-order valence-electron chi connectivity index (χ1n) is 6.69. The molecule has 3 nitrogen and oxygen atoms in total. The summed E-state index contributed by atoms with van der Waals surface area (Å²) in [5.74, 6) is 0. The second kappa shape index (κ2) is 5.72. The lowest BCUT2D eigenvalue weighted by atomic mass is 10.1. The zero-order chi connectivity index (χ0) is 13.0. The van der Waals surface area contributed by atoms with Crippen molar-refractivity contribution in [1.29, 1.82) is 0 Å². The van der Waals surface area contributed by atoms with Gasteiger partial charge in [-0.25, -0.2) is 0 Å². The van der Waals surface area contributed by atoms with E-state index in [0.717, 1.165) is 19.6 Å². The van der Waals surface area contributed by atoms with Crippen molar-refractivity contribution < 1.29 is 4.74 Å². The lowest BCUT2D eigenvalue weighted by Gasteiger charge is -2.31. The minimum atomic E-state index is 0.174. The minimum Gasteiger partial charge on any atom is -0.380 e. The Balaban J connectivity index is 2.16. The van der Waals surface area contributed by atoms with E-state index in [1.165, 1.54) is 17.7 Å². The highest BCUT2D eigenvalue weighted by Gasteiger charge is 2.24. The summed E-state index contributed by atoms with van der Waals surface area (Å²) in [6, 6.07) is 8.68. The van der Waals surface area contributed by atoms with Crippen molar-refractivity contribution in [3.05, 3.63) is 29.8 Å². The predicted octanol–water partition coefficient (Wildman–Crippen LogP) is 2.41. The van der Waals surface area contributed by atoms with E-state index in [4.69, 9.17) is 4.74 Å². The Morgan fingerprint density at radius 2 is 2.22 bits per heavy atom. The zero-order valence-corrected chi connectivity index (χ0v) is 11.7. The number of benzene rings is 1. The third kappa shape index (κ3) is 3.47. The molecule has 0 radical (unpaired) electrons. The van der Waals surface area contributed by atoms with Crippen LogP contribution in [0.2, 0.25) is 0 Å². The first-order chi connectivity index (χ1) is 8.61. The third-order valence-corrected chi connectivity index (χ3v) is 3.38. The molecule has 3 heteroatoms. The molecule has 0 aliphatic carbocycles. The molecular weight excluding hydrogens is 224 g/mol. The molecule has 100 valence electrons. The van der Waals surface area contributed by atoms with Gasteiger partial charge < -0.3 is 15.0 Å². The Labute approximate surface area is 110 Å². The summed E-state index contributed by atoms with van der Waals surface area (Å²) in [5.41, 5.74) is 2.72. The highest BCUT2D eigenvalue weighted by Crippen LogP contribution is 2.21. The minimum absolute atomic E-state index is 0.174. The fourth-order valence-electron chi connectivity index (χ4n) is 2.54. The Morgan fingerprint density at radius 3 is 3.00 bits per heavy atom. The van der Waals surface area contributed by atoms with Gasteiger partial charge in [-0.05, 0) is 44.5 Å². The molecule has 1 aromatic rings. The van der Waals surface area contributed by atoms with Crippen LogP contribution in [-0.2, 0) is 11.3 Å². The predicted molar refractivity (Wildman–Crippen MR) is 76.1 cm³/mol. The van der Waals surface area contributed by atoms with Crippen LogP contribution in [-0.4, -0.2) is 32.3 Å². The maximum atomic E-state index is 5.20. The van der Waals surface area contributed by atoms with E-state index in [-0.39, 0.29) is 5.54 Å². The lowest BCUT2D eigenvalue weighted by Crippen LogP contribution is -2.46. The standard InChI is InChI=1S/C15H24N2O/c1-15(2)12-17(9-5-8-16-15)14-7-4-6-13(10-14)11-18-3/h4,6-7,10,16H,5,8-9,11-12H2,1-3H3. The SMILES string of the molecule is COCc1cccc(N2CCCNC(C)(C)C2)c1. The van der Waals surface area contributed by atoms with Crippen molar-refractivity contribution in [1.82, 2.24) is 5.32 Å². The van der Waals surface area contributed by atoms with E-state index in [0.29, 0.717) is 6.61 Å².